The molecule has 1 aromatic heterocycles. The van der Waals surface area contributed by atoms with Crippen LogP contribution in [0.4, 0.5) is 11.6 Å². The zero-order chi connectivity index (χ0) is 16.9. The van der Waals surface area contributed by atoms with Crippen molar-refractivity contribution in [2.75, 3.05) is 36.4 Å². The predicted molar refractivity (Wildman–Crippen MR) is 90.9 cm³/mol. The summed E-state index contributed by atoms with van der Waals surface area (Å²) < 4.78 is 0. The SMILES string of the molecule is O=C(Nc1ncccn1)C(=O)N1CCN(c2cccc(Cl)c2)CC1. The molecule has 124 valence electrons. The van der Waals surface area contributed by atoms with Crippen LogP contribution in [0.2, 0.25) is 5.02 Å². The largest absolute Gasteiger partial charge is 0.368 e. The predicted octanol–water partition coefficient (Wildman–Crippen LogP) is 1.42. The zero-order valence-electron chi connectivity index (χ0n) is 12.9. The van der Waals surface area contributed by atoms with E-state index in [-0.39, 0.29) is 5.95 Å². The summed E-state index contributed by atoms with van der Waals surface area (Å²) in [5.74, 6) is -1.18. The molecule has 0 unspecified atom stereocenters. The number of carbonyl (C=O) groups is 2. The molecule has 24 heavy (non-hydrogen) atoms. The van der Waals surface area contributed by atoms with Crippen molar-refractivity contribution in [3.63, 3.8) is 0 Å². The van der Waals surface area contributed by atoms with Crippen molar-refractivity contribution >= 4 is 35.1 Å². The molecule has 8 heteroatoms. The van der Waals surface area contributed by atoms with Crippen LogP contribution in [0.5, 0.6) is 0 Å². The summed E-state index contributed by atoms with van der Waals surface area (Å²) in [4.78, 5) is 35.6. The average Bonchev–Trinajstić information content (AvgIpc) is 2.62. The van der Waals surface area contributed by atoms with Gasteiger partial charge in [-0.15, -0.1) is 0 Å². The summed E-state index contributed by atoms with van der Waals surface area (Å²) in [5.41, 5.74) is 1.01. The lowest BCUT2D eigenvalue weighted by molar-refractivity contribution is -0.143. The molecule has 1 N–H and O–H groups in total. The standard InChI is InChI=1S/C16H16ClN5O2/c17-12-3-1-4-13(11-12)21-7-9-22(10-8-21)15(24)14(23)20-16-18-5-2-6-19-16/h1-6,11H,7-10H2,(H,18,19,20,23). The van der Waals surface area contributed by atoms with Crippen molar-refractivity contribution in [2.45, 2.75) is 0 Å². The second-order valence-electron chi connectivity index (χ2n) is 5.29. The Morgan fingerprint density at radius 2 is 1.75 bits per heavy atom. The third-order valence-corrected chi connectivity index (χ3v) is 3.96. The van der Waals surface area contributed by atoms with Crippen LogP contribution in [0.25, 0.3) is 0 Å². The summed E-state index contributed by atoms with van der Waals surface area (Å²) in [5, 5.41) is 3.08. The molecule has 1 aliphatic heterocycles. The molecule has 1 aliphatic rings. The van der Waals surface area contributed by atoms with Crippen molar-refractivity contribution in [2.24, 2.45) is 0 Å². The van der Waals surface area contributed by atoms with Gasteiger partial charge < -0.3 is 9.80 Å². The Bertz CT molecular complexity index is 732. The van der Waals surface area contributed by atoms with Gasteiger partial charge in [-0.05, 0) is 24.3 Å². The smallest absolute Gasteiger partial charge is 0.316 e. The molecule has 1 fully saturated rings. The number of benzene rings is 1. The third-order valence-electron chi connectivity index (χ3n) is 3.73. The monoisotopic (exact) mass is 345 g/mol. The van der Waals surface area contributed by atoms with Gasteiger partial charge in [0.1, 0.15) is 0 Å². The van der Waals surface area contributed by atoms with Crippen LogP contribution < -0.4 is 10.2 Å². The van der Waals surface area contributed by atoms with Crippen LogP contribution in [0.1, 0.15) is 0 Å². The molecule has 0 saturated carbocycles. The van der Waals surface area contributed by atoms with Gasteiger partial charge in [-0.3, -0.25) is 14.9 Å². The summed E-state index contributed by atoms with van der Waals surface area (Å²) in [6, 6.07) is 9.21. The fourth-order valence-corrected chi connectivity index (χ4v) is 2.69. The lowest BCUT2D eigenvalue weighted by atomic mass is 10.2. The highest BCUT2D eigenvalue weighted by Gasteiger charge is 2.26. The number of hydrogen-bond donors (Lipinski definition) is 1. The molecule has 0 aliphatic carbocycles. The lowest BCUT2D eigenvalue weighted by Gasteiger charge is -2.35. The number of piperazine rings is 1. The number of aromatic nitrogens is 2. The van der Waals surface area contributed by atoms with Gasteiger partial charge in [0.25, 0.3) is 0 Å². The number of nitrogens with zero attached hydrogens (tertiary/aromatic N) is 4. The number of halogens is 1. The van der Waals surface area contributed by atoms with E-state index in [2.05, 4.69) is 20.2 Å². The van der Waals surface area contributed by atoms with E-state index in [9.17, 15) is 9.59 Å². The van der Waals surface area contributed by atoms with Crippen molar-refractivity contribution in [3.8, 4) is 0 Å². The van der Waals surface area contributed by atoms with E-state index < -0.39 is 11.8 Å². The van der Waals surface area contributed by atoms with E-state index in [1.165, 1.54) is 17.3 Å². The van der Waals surface area contributed by atoms with E-state index in [4.69, 9.17) is 11.6 Å². The van der Waals surface area contributed by atoms with Crippen LogP contribution in [-0.4, -0.2) is 52.9 Å². The summed E-state index contributed by atoms with van der Waals surface area (Å²) >= 11 is 6.01. The molecule has 0 bridgehead atoms. The molecule has 2 amide bonds. The van der Waals surface area contributed by atoms with Crippen molar-refractivity contribution in [3.05, 3.63) is 47.7 Å². The van der Waals surface area contributed by atoms with Gasteiger partial charge in [0.2, 0.25) is 5.95 Å². The van der Waals surface area contributed by atoms with E-state index in [1.807, 2.05) is 24.3 Å². The number of rotatable bonds is 2. The molecule has 0 spiro atoms. The highest BCUT2D eigenvalue weighted by atomic mass is 35.5. The quantitative estimate of drug-likeness (QED) is 0.833. The Labute approximate surface area is 144 Å². The van der Waals surface area contributed by atoms with E-state index in [1.54, 1.807) is 6.07 Å². The minimum absolute atomic E-state index is 0.119. The Hall–Kier alpha value is -2.67. The Morgan fingerprint density at radius 1 is 1.04 bits per heavy atom. The van der Waals surface area contributed by atoms with E-state index in [0.29, 0.717) is 31.2 Å². The van der Waals surface area contributed by atoms with Crippen molar-refractivity contribution in [1.82, 2.24) is 14.9 Å². The lowest BCUT2D eigenvalue weighted by Crippen LogP contribution is -2.51. The summed E-state index contributed by atoms with van der Waals surface area (Å²) in [6.07, 6.45) is 2.99. The molecule has 1 aromatic carbocycles. The number of carbonyl (C=O) groups excluding carboxylic acids is 2. The first-order valence-corrected chi connectivity index (χ1v) is 7.89. The first kappa shape index (κ1) is 16.2. The summed E-state index contributed by atoms with van der Waals surface area (Å²) in [6.45, 7) is 2.21. The molecule has 0 radical (unpaired) electrons. The van der Waals surface area contributed by atoms with Crippen LogP contribution in [0, 0.1) is 0 Å². The second kappa shape index (κ2) is 7.27. The van der Waals surface area contributed by atoms with Crippen LogP contribution in [0.3, 0.4) is 0 Å². The number of anilines is 2. The van der Waals surface area contributed by atoms with Crippen LogP contribution in [0.15, 0.2) is 42.7 Å². The highest BCUT2D eigenvalue weighted by Crippen LogP contribution is 2.20. The van der Waals surface area contributed by atoms with Gasteiger partial charge >= 0.3 is 11.8 Å². The number of hydrogen-bond acceptors (Lipinski definition) is 5. The van der Waals surface area contributed by atoms with Gasteiger partial charge in [-0.25, -0.2) is 9.97 Å². The van der Waals surface area contributed by atoms with Crippen LogP contribution in [-0.2, 0) is 9.59 Å². The Balaban J connectivity index is 1.56. The molecule has 2 aromatic rings. The number of amides is 2. The first-order valence-electron chi connectivity index (χ1n) is 7.51. The molecule has 1 saturated heterocycles. The normalized spacial score (nSPS) is 14.4. The Morgan fingerprint density at radius 3 is 2.42 bits per heavy atom. The van der Waals surface area contributed by atoms with E-state index in [0.717, 1.165) is 5.69 Å². The van der Waals surface area contributed by atoms with Gasteiger partial charge in [0.05, 0.1) is 0 Å². The fraction of sp³-hybridized carbons (Fsp3) is 0.250. The molecular formula is C16H16ClN5O2. The highest BCUT2D eigenvalue weighted by molar-refractivity contribution is 6.39. The van der Waals surface area contributed by atoms with Gasteiger partial charge in [0.15, 0.2) is 0 Å². The fourth-order valence-electron chi connectivity index (χ4n) is 2.50. The van der Waals surface area contributed by atoms with Gasteiger partial charge in [-0.2, -0.15) is 0 Å². The topological polar surface area (TPSA) is 78.4 Å². The van der Waals surface area contributed by atoms with Crippen molar-refractivity contribution < 1.29 is 9.59 Å². The molecule has 7 nitrogen and oxygen atoms in total. The molecule has 2 heterocycles. The second-order valence-corrected chi connectivity index (χ2v) is 5.72. The first-order chi connectivity index (χ1) is 11.6. The molecule has 3 rings (SSSR count). The van der Waals surface area contributed by atoms with Gasteiger partial charge in [0, 0.05) is 49.3 Å². The maximum atomic E-state index is 12.2. The zero-order valence-corrected chi connectivity index (χ0v) is 13.6. The van der Waals surface area contributed by atoms with Crippen LogP contribution >= 0.6 is 11.6 Å². The number of nitrogens with one attached hydrogen (secondary N) is 1. The van der Waals surface area contributed by atoms with E-state index >= 15 is 0 Å². The molecule has 0 atom stereocenters. The average molecular weight is 346 g/mol. The van der Waals surface area contributed by atoms with Crippen molar-refractivity contribution in [1.29, 1.82) is 0 Å². The summed E-state index contributed by atoms with van der Waals surface area (Å²) in [7, 11) is 0. The van der Waals surface area contributed by atoms with Gasteiger partial charge in [-0.1, -0.05) is 17.7 Å². The Kier molecular flexibility index (Phi) is 4.90. The maximum Gasteiger partial charge on any atom is 0.316 e. The minimum atomic E-state index is -0.725. The minimum Gasteiger partial charge on any atom is -0.368 e. The molecular weight excluding hydrogens is 330 g/mol. The third kappa shape index (κ3) is 3.80. The maximum absolute atomic E-state index is 12.2.